The van der Waals surface area contributed by atoms with Crippen molar-refractivity contribution in [1.82, 2.24) is 4.57 Å². The molecule has 0 fully saturated rings. The van der Waals surface area contributed by atoms with E-state index < -0.39 is 5.54 Å². The SMILES string of the molecule is c1ccc(N(c2cccc3ccccc23)c2cccc3c2c2ccccc2n3C2(c3ccccc3)c3ccccc3-c3ccccc32)cc1. The van der Waals surface area contributed by atoms with E-state index in [1.54, 1.807) is 0 Å². The Morgan fingerprint density at radius 3 is 1.67 bits per heavy atom. The van der Waals surface area contributed by atoms with E-state index >= 15 is 0 Å². The molecule has 0 amide bonds. The maximum Gasteiger partial charge on any atom is 0.122 e. The fourth-order valence-electron chi connectivity index (χ4n) is 8.51. The van der Waals surface area contributed by atoms with Gasteiger partial charge in [-0.15, -0.1) is 0 Å². The Balaban J connectivity index is 1.38. The van der Waals surface area contributed by atoms with Gasteiger partial charge in [0.1, 0.15) is 5.54 Å². The summed E-state index contributed by atoms with van der Waals surface area (Å²) in [6.07, 6.45) is 0. The third kappa shape index (κ3) is 3.89. The number of benzene rings is 8. The molecule has 0 aliphatic heterocycles. The van der Waals surface area contributed by atoms with Gasteiger partial charge in [-0.2, -0.15) is 0 Å². The summed E-state index contributed by atoms with van der Waals surface area (Å²) in [7, 11) is 0. The summed E-state index contributed by atoms with van der Waals surface area (Å²) in [6.45, 7) is 0. The van der Waals surface area contributed by atoms with Crippen LogP contribution in [0.3, 0.4) is 0 Å². The average Bonchev–Trinajstić information content (AvgIpc) is 3.67. The summed E-state index contributed by atoms with van der Waals surface area (Å²) in [5.74, 6) is 0. The van der Waals surface area contributed by atoms with Crippen LogP contribution in [0.5, 0.6) is 0 Å². The van der Waals surface area contributed by atoms with Gasteiger partial charge in [0, 0.05) is 21.8 Å². The normalized spacial score (nSPS) is 13.1. The largest absolute Gasteiger partial charge is 0.322 e. The van der Waals surface area contributed by atoms with Crippen molar-refractivity contribution >= 4 is 49.6 Å². The molecular weight excluding hydrogens is 593 g/mol. The molecule has 0 saturated carbocycles. The second kappa shape index (κ2) is 10.8. The van der Waals surface area contributed by atoms with E-state index in [9.17, 15) is 0 Å². The van der Waals surface area contributed by atoms with E-state index in [4.69, 9.17) is 0 Å². The molecule has 2 heteroatoms. The van der Waals surface area contributed by atoms with Crippen molar-refractivity contribution in [1.29, 1.82) is 0 Å². The van der Waals surface area contributed by atoms with Gasteiger partial charge in [-0.25, -0.2) is 0 Å². The van der Waals surface area contributed by atoms with Gasteiger partial charge < -0.3 is 9.47 Å². The lowest BCUT2D eigenvalue weighted by Gasteiger charge is -2.36. The maximum absolute atomic E-state index is 2.63. The molecule has 0 unspecified atom stereocenters. The molecule has 0 spiro atoms. The summed E-state index contributed by atoms with van der Waals surface area (Å²) in [5.41, 5.74) is 11.6. The fraction of sp³-hybridized carbons (Fsp3) is 0.0213. The number of rotatable bonds is 5. The van der Waals surface area contributed by atoms with Crippen LogP contribution in [0.25, 0.3) is 43.7 Å². The fourth-order valence-corrected chi connectivity index (χ4v) is 8.51. The summed E-state index contributed by atoms with van der Waals surface area (Å²) >= 11 is 0. The van der Waals surface area contributed by atoms with Gasteiger partial charge in [0.15, 0.2) is 0 Å². The average molecular weight is 625 g/mol. The predicted molar refractivity (Wildman–Crippen MR) is 205 cm³/mol. The summed E-state index contributed by atoms with van der Waals surface area (Å²) < 4.78 is 2.63. The zero-order valence-electron chi connectivity index (χ0n) is 26.9. The minimum Gasteiger partial charge on any atom is -0.322 e. The standard InChI is InChI=1S/C47H32N2/c1-3-19-34(20-4-1)47(40-27-12-9-24-37(40)38-25-10-13-28-41(38)47)49-43-29-14-11-26-39(43)46-44(31-16-32-45(46)49)48(35-21-5-2-6-22-35)42-30-15-18-33-17-7-8-23-36(33)42/h1-32H. The van der Waals surface area contributed by atoms with Crippen molar-refractivity contribution in [2.45, 2.75) is 5.54 Å². The van der Waals surface area contributed by atoms with Gasteiger partial charge in [0.2, 0.25) is 0 Å². The monoisotopic (exact) mass is 624 g/mol. The first kappa shape index (κ1) is 27.7. The third-order valence-corrected chi connectivity index (χ3v) is 10.4. The van der Waals surface area contributed by atoms with Crippen LogP contribution in [0.15, 0.2) is 194 Å². The highest BCUT2D eigenvalue weighted by molar-refractivity contribution is 6.17. The molecule has 1 aliphatic carbocycles. The van der Waals surface area contributed by atoms with Gasteiger partial charge in [-0.1, -0.05) is 158 Å². The highest BCUT2D eigenvalue weighted by Gasteiger charge is 2.47. The molecule has 0 radical (unpaired) electrons. The van der Waals surface area contributed by atoms with Gasteiger partial charge >= 0.3 is 0 Å². The molecule has 49 heavy (non-hydrogen) atoms. The van der Waals surface area contributed by atoms with Crippen LogP contribution in [0.4, 0.5) is 17.1 Å². The molecule has 0 atom stereocenters. The van der Waals surface area contributed by atoms with Crippen molar-refractivity contribution in [2.24, 2.45) is 0 Å². The molecule has 0 N–H and O–H groups in total. The molecule has 0 bridgehead atoms. The van der Waals surface area contributed by atoms with Crippen LogP contribution in [-0.4, -0.2) is 4.57 Å². The number of nitrogens with zero attached hydrogens (tertiary/aromatic N) is 2. The molecule has 2 nitrogen and oxygen atoms in total. The number of hydrogen-bond acceptors (Lipinski definition) is 1. The predicted octanol–water partition coefficient (Wildman–Crippen LogP) is 12.2. The number of para-hydroxylation sites is 2. The molecule has 230 valence electrons. The molecule has 10 rings (SSSR count). The Hall–Kier alpha value is -6.38. The third-order valence-electron chi connectivity index (χ3n) is 10.4. The molecular formula is C47H32N2. The Kier molecular flexibility index (Phi) is 6.13. The van der Waals surface area contributed by atoms with Crippen molar-refractivity contribution in [3.63, 3.8) is 0 Å². The molecule has 8 aromatic carbocycles. The Labute approximate surface area is 285 Å². The van der Waals surface area contributed by atoms with Gasteiger partial charge in [-0.05, 0) is 69.6 Å². The van der Waals surface area contributed by atoms with E-state index in [0.717, 1.165) is 17.1 Å². The van der Waals surface area contributed by atoms with Crippen molar-refractivity contribution in [3.05, 3.63) is 211 Å². The first-order valence-corrected chi connectivity index (χ1v) is 17.0. The first-order valence-electron chi connectivity index (χ1n) is 17.0. The lowest BCUT2D eigenvalue weighted by molar-refractivity contribution is 0.564. The van der Waals surface area contributed by atoms with E-state index in [2.05, 4.69) is 204 Å². The van der Waals surface area contributed by atoms with Crippen LogP contribution < -0.4 is 4.90 Å². The number of aromatic nitrogens is 1. The second-order valence-corrected chi connectivity index (χ2v) is 12.9. The van der Waals surface area contributed by atoms with E-state index in [0.29, 0.717) is 0 Å². The van der Waals surface area contributed by atoms with Crippen LogP contribution >= 0.6 is 0 Å². The molecule has 0 saturated heterocycles. The molecule has 9 aromatic rings. The van der Waals surface area contributed by atoms with Crippen molar-refractivity contribution in [3.8, 4) is 11.1 Å². The minimum absolute atomic E-state index is 0.592. The van der Waals surface area contributed by atoms with Crippen LogP contribution in [0.2, 0.25) is 0 Å². The lowest BCUT2D eigenvalue weighted by atomic mass is 9.80. The Morgan fingerprint density at radius 1 is 0.388 bits per heavy atom. The van der Waals surface area contributed by atoms with E-state index in [-0.39, 0.29) is 0 Å². The van der Waals surface area contributed by atoms with E-state index in [1.807, 2.05) is 0 Å². The summed E-state index contributed by atoms with van der Waals surface area (Å²) in [4.78, 5) is 2.45. The first-order chi connectivity index (χ1) is 24.4. The van der Waals surface area contributed by atoms with Gasteiger partial charge in [0.25, 0.3) is 0 Å². The zero-order valence-corrected chi connectivity index (χ0v) is 26.9. The van der Waals surface area contributed by atoms with Gasteiger partial charge in [-0.3, -0.25) is 0 Å². The van der Waals surface area contributed by atoms with Crippen molar-refractivity contribution < 1.29 is 0 Å². The highest BCUT2D eigenvalue weighted by atomic mass is 15.2. The quantitative estimate of drug-likeness (QED) is 0.185. The smallest absolute Gasteiger partial charge is 0.122 e. The zero-order chi connectivity index (χ0) is 32.4. The van der Waals surface area contributed by atoms with Crippen molar-refractivity contribution in [2.75, 3.05) is 4.90 Å². The van der Waals surface area contributed by atoms with Crippen LogP contribution in [-0.2, 0) is 5.54 Å². The molecule has 1 aromatic heterocycles. The van der Waals surface area contributed by atoms with Crippen LogP contribution in [0, 0.1) is 0 Å². The second-order valence-electron chi connectivity index (χ2n) is 12.9. The number of fused-ring (bicyclic) bond motifs is 7. The Morgan fingerprint density at radius 2 is 0.918 bits per heavy atom. The molecule has 1 heterocycles. The van der Waals surface area contributed by atoms with Crippen LogP contribution in [0.1, 0.15) is 16.7 Å². The highest BCUT2D eigenvalue weighted by Crippen LogP contribution is 2.56. The summed E-state index contributed by atoms with van der Waals surface area (Å²) in [6, 6.07) is 71.0. The van der Waals surface area contributed by atoms with Gasteiger partial charge in [0.05, 0.1) is 22.4 Å². The van der Waals surface area contributed by atoms with E-state index in [1.165, 1.54) is 60.4 Å². The minimum atomic E-state index is -0.592. The number of anilines is 3. The molecule has 1 aliphatic rings. The number of hydrogen-bond donors (Lipinski definition) is 0. The topological polar surface area (TPSA) is 8.17 Å². The summed E-state index contributed by atoms with van der Waals surface area (Å²) in [5, 5.41) is 4.89. The maximum atomic E-state index is 2.63. The Bertz CT molecular complexity index is 2620. The lowest BCUT2D eigenvalue weighted by Crippen LogP contribution is -2.35.